The van der Waals surface area contributed by atoms with Gasteiger partial charge in [0, 0.05) is 6.20 Å². The fourth-order valence-corrected chi connectivity index (χ4v) is 2.10. The number of aryl methyl sites for hydroxylation is 2. The summed E-state index contributed by atoms with van der Waals surface area (Å²) in [5.41, 5.74) is 0.807. The number of rotatable bonds is 3. The normalized spacial score (nSPS) is 10.4. The number of hydrogen-bond donors (Lipinski definition) is 0. The van der Waals surface area contributed by atoms with Crippen LogP contribution in [0.2, 0.25) is 0 Å². The average Bonchev–Trinajstić information content (AvgIpc) is 2.63. The lowest BCUT2D eigenvalue weighted by Gasteiger charge is -2.07. The molecule has 0 aliphatic rings. The second kappa shape index (κ2) is 4.61. The molecule has 0 radical (unpaired) electrons. The van der Waals surface area contributed by atoms with Crippen LogP contribution in [-0.2, 0) is 6.61 Å². The van der Waals surface area contributed by atoms with E-state index >= 15 is 0 Å². The van der Waals surface area contributed by atoms with Gasteiger partial charge in [0.15, 0.2) is 0 Å². The van der Waals surface area contributed by atoms with Crippen molar-refractivity contribution in [1.29, 1.82) is 0 Å². The van der Waals surface area contributed by atoms with Crippen molar-refractivity contribution in [2.75, 3.05) is 0 Å². The Balaban J connectivity index is 2.04. The van der Waals surface area contributed by atoms with E-state index in [-0.39, 0.29) is 5.82 Å². The molecular weight excluding hydrogens is 225 g/mol. The summed E-state index contributed by atoms with van der Waals surface area (Å²) in [6.45, 7) is 4.27. The minimum atomic E-state index is -0.238. The average molecular weight is 237 g/mol. The Bertz CT molecular complexity index is 496. The van der Waals surface area contributed by atoms with Gasteiger partial charge in [-0.05, 0) is 37.6 Å². The third-order valence-electron chi connectivity index (χ3n) is 2.18. The molecule has 0 saturated carbocycles. The third-order valence-corrected chi connectivity index (χ3v) is 3.06. The monoisotopic (exact) mass is 237 g/mol. The molecule has 1 aromatic heterocycles. The van der Waals surface area contributed by atoms with E-state index in [1.165, 1.54) is 12.1 Å². The number of aromatic nitrogens is 1. The zero-order valence-corrected chi connectivity index (χ0v) is 9.97. The Kier molecular flexibility index (Phi) is 3.19. The Morgan fingerprint density at radius 2 is 2.19 bits per heavy atom. The van der Waals surface area contributed by atoms with E-state index in [1.54, 1.807) is 23.6 Å². The van der Waals surface area contributed by atoms with Crippen molar-refractivity contribution >= 4 is 11.3 Å². The third kappa shape index (κ3) is 2.58. The maximum absolute atomic E-state index is 12.9. The minimum absolute atomic E-state index is 0.238. The molecule has 4 heteroatoms. The zero-order chi connectivity index (χ0) is 11.5. The summed E-state index contributed by atoms with van der Waals surface area (Å²) < 4.78 is 18.4. The lowest BCUT2D eigenvalue weighted by Crippen LogP contribution is -1.95. The Labute approximate surface area is 97.7 Å². The van der Waals surface area contributed by atoms with Gasteiger partial charge in [-0.3, -0.25) is 0 Å². The molecule has 2 nitrogen and oxygen atoms in total. The van der Waals surface area contributed by atoms with Crippen LogP contribution >= 0.6 is 11.3 Å². The summed E-state index contributed by atoms with van der Waals surface area (Å²) in [5, 5.41) is 1.02. The fourth-order valence-electron chi connectivity index (χ4n) is 1.40. The quantitative estimate of drug-likeness (QED) is 0.815. The summed E-state index contributed by atoms with van der Waals surface area (Å²) in [6, 6.07) is 4.52. The van der Waals surface area contributed by atoms with E-state index in [0.29, 0.717) is 12.4 Å². The van der Waals surface area contributed by atoms with Crippen LogP contribution in [0.3, 0.4) is 0 Å². The lowest BCUT2D eigenvalue weighted by atomic mass is 10.2. The van der Waals surface area contributed by atoms with Crippen molar-refractivity contribution in [3.05, 3.63) is 45.7 Å². The molecule has 0 N–H and O–H groups in total. The predicted octanol–water partition coefficient (Wildman–Crippen LogP) is 3.48. The first-order valence-corrected chi connectivity index (χ1v) is 5.77. The highest BCUT2D eigenvalue weighted by Gasteiger charge is 2.03. The van der Waals surface area contributed by atoms with Crippen LogP contribution in [-0.4, -0.2) is 4.98 Å². The van der Waals surface area contributed by atoms with E-state index in [4.69, 9.17) is 4.74 Å². The second-order valence-corrected chi connectivity index (χ2v) is 4.86. The highest BCUT2D eigenvalue weighted by Crippen LogP contribution is 2.21. The van der Waals surface area contributed by atoms with Gasteiger partial charge in [0.25, 0.3) is 0 Å². The molecule has 2 rings (SSSR count). The van der Waals surface area contributed by atoms with Gasteiger partial charge in [-0.25, -0.2) is 9.37 Å². The van der Waals surface area contributed by atoms with E-state index in [1.807, 2.05) is 13.8 Å². The van der Waals surface area contributed by atoms with Crippen LogP contribution in [0.4, 0.5) is 4.39 Å². The number of thiazole rings is 1. The molecule has 1 aromatic carbocycles. The smallest absolute Gasteiger partial charge is 0.124 e. The molecule has 0 fully saturated rings. The molecule has 84 valence electrons. The van der Waals surface area contributed by atoms with Gasteiger partial charge in [0.2, 0.25) is 0 Å². The molecule has 2 aromatic rings. The van der Waals surface area contributed by atoms with Crippen LogP contribution in [0.1, 0.15) is 15.4 Å². The van der Waals surface area contributed by atoms with Crippen LogP contribution in [0.15, 0.2) is 24.4 Å². The van der Waals surface area contributed by atoms with Crippen molar-refractivity contribution in [3.8, 4) is 5.75 Å². The summed E-state index contributed by atoms with van der Waals surface area (Å²) >= 11 is 1.61. The first-order valence-electron chi connectivity index (χ1n) is 4.95. The standard InChI is InChI=1S/C12H12FNOS/c1-8-5-10(13)3-4-12(8)15-7-11-6-14-9(2)16-11/h3-6H,7H2,1-2H3. The Morgan fingerprint density at radius 3 is 2.81 bits per heavy atom. The molecule has 16 heavy (non-hydrogen) atoms. The van der Waals surface area contributed by atoms with Crippen molar-refractivity contribution < 1.29 is 9.13 Å². The maximum Gasteiger partial charge on any atom is 0.124 e. The Morgan fingerprint density at radius 1 is 1.38 bits per heavy atom. The molecule has 0 amide bonds. The first kappa shape index (κ1) is 11.1. The van der Waals surface area contributed by atoms with Crippen molar-refractivity contribution in [2.45, 2.75) is 20.5 Å². The predicted molar refractivity (Wildman–Crippen MR) is 62.3 cm³/mol. The second-order valence-electron chi connectivity index (χ2n) is 3.54. The molecule has 0 atom stereocenters. The van der Waals surface area contributed by atoms with Gasteiger partial charge in [-0.1, -0.05) is 0 Å². The van der Waals surface area contributed by atoms with Gasteiger partial charge in [-0.15, -0.1) is 11.3 Å². The number of hydrogen-bond acceptors (Lipinski definition) is 3. The van der Waals surface area contributed by atoms with Crippen molar-refractivity contribution in [3.63, 3.8) is 0 Å². The minimum Gasteiger partial charge on any atom is -0.488 e. The van der Waals surface area contributed by atoms with Crippen LogP contribution < -0.4 is 4.74 Å². The van der Waals surface area contributed by atoms with Gasteiger partial charge < -0.3 is 4.74 Å². The summed E-state index contributed by atoms with van der Waals surface area (Å²) in [6.07, 6.45) is 1.80. The molecule has 0 saturated heterocycles. The zero-order valence-electron chi connectivity index (χ0n) is 9.16. The van der Waals surface area contributed by atoms with E-state index in [0.717, 1.165) is 15.4 Å². The molecule has 1 heterocycles. The SMILES string of the molecule is Cc1ncc(COc2ccc(F)cc2C)s1. The van der Waals surface area contributed by atoms with Crippen LogP contribution in [0, 0.1) is 19.7 Å². The van der Waals surface area contributed by atoms with Gasteiger partial charge in [0.05, 0.1) is 9.88 Å². The molecule has 0 aliphatic carbocycles. The molecule has 0 spiro atoms. The Hall–Kier alpha value is -1.42. The summed E-state index contributed by atoms with van der Waals surface area (Å²) in [4.78, 5) is 5.21. The largest absolute Gasteiger partial charge is 0.488 e. The topological polar surface area (TPSA) is 22.1 Å². The lowest BCUT2D eigenvalue weighted by molar-refractivity contribution is 0.307. The number of benzene rings is 1. The summed E-state index contributed by atoms with van der Waals surface area (Å²) in [5.74, 6) is 0.478. The highest BCUT2D eigenvalue weighted by molar-refractivity contribution is 7.11. The molecule has 0 unspecified atom stereocenters. The maximum atomic E-state index is 12.9. The number of nitrogens with zero attached hydrogens (tertiary/aromatic N) is 1. The first-order chi connectivity index (χ1) is 7.65. The molecule has 0 bridgehead atoms. The van der Waals surface area contributed by atoms with Crippen molar-refractivity contribution in [2.24, 2.45) is 0 Å². The van der Waals surface area contributed by atoms with Gasteiger partial charge in [-0.2, -0.15) is 0 Å². The van der Waals surface area contributed by atoms with E-state index in [9.17, 15) is 4.39 Å². The number of halogens is 1. The van der Waals surface area contributed by atoms with E-state index < -0.39 is 0 Å². The van der Waals surface area contributed by atoms with Crippen LogP contribution in [0.25, 0.3) is 0 Å². The summed E-state index contributed by atoms with van der Waals surface area (Å²) in [7, 11) is 0. The van der Waals surface area contributed by atoms with Gasteiger partial charge in [0.1, 0.15) is 18.2 Å². The van der Waals surface area contributed by atoms with Crippen LogP contribution in [0.5, 0.6) is 5.75 Å². The molecular formula is C12H12FNOS. The number of ether oxygens (including phenoxy) is 1. The highest BCUT2D eigenvalue weighted by atomic mass is 32.1. The van der Waals surface area contributed by atoms with Gasteiger partial charge >= 0.3 is 0 Å². The van der Waals surface area contributed by atoms with Crippen molar-refractivity contribution in [1.82, 2.24) is 4.98 Å². The van der Waals surface area contributed by atoms with E-state index in [2.05, 4.69) is 4.98 Å². The fraction of sp³-hybridized carbons (Fsp3) is 0.250. The molecule has 0 aliphatic heterocycles.